The van der Waals surface area contributed by atoms with E-state index < -0.39 is 5.91 Å². The molecular weight excluding hydrogens is 206 g/mol. The highest BCUT2D eigenvalue weighted by Crippen LogP contribution is 2.13. The van der Waals surface area contributed by atoms with Crippen LogP contribution in [0.15, 0.2) is 6.07 Å². The average Bonchev–Trinajstić information content (AvgIpc) is 2.16. The SMILES string of the molecule is CCCc1nc(N)cc(N(C)CC(N)=O)n1. The molecule has 0 aliphatic heterocycles. The summed E-state index contributed by atoms with van der Waals surface area (Å²) in [6.07, 6.45) is 1.71. The maximum atomic E-state index is 10.8. The first-order chi connectivity index (χ1) is 7.52. The van der Waals surface area contributed by atoms with Gasteiger partial charge in [-0.15, -0.1) is 0 Å². The summed E-state index contributed by atoms with van der Waals surface area (Å²) < 4.78 is 0. The van der Waals surface area contributed by atoms with E-state index >= 15 is 0 Å². The van der Waals surface area contributed by atoms with Gasteiger partial charge in [0.2, 0.25) is 5.91 Å². The molecule has 0 bridgehead atoms. The number of amides is 1. The molecule has 16 heavy (non-hydrogen) atoms. The van der Waals surface area contributed by atoms with Crippen molar-refractivity contribution >= 4 is 17.5 Å². The minimum Gasteiger partial charge on any atom is -0.384 e. The fraction of sp³-hybridized carbons (Fsp3) is 0.500. The van der Waals surface area contributed by atoms with Crippen molar-refractivity contribution in [3.8, 4) is 0 Å². The topological polar surface area (TPSA) is 98.1 Å². The standard InChI is InChI=1S/C10H17N5O/c1-3-4-9-13-7(11)5-10(14-9)15(2)6-8(12)16/h5H,3-4,6H2,1-2H3,(H2,12,16)(H2,11,13,14). The molecule has 0 radical (unpaired) electrons. The number of anilines is 2. The minimum absolute atomic E-state index is 0.113. The van der Waals surface area contributed by atoms with E-state index in [1.165, 1.54) is 0 Å². The summed E-state index contributed by atoms with van der Waals surface area (Å²) in [7, 11) is 1.74. The predicted octanol–water partition coefficient (Wildman–Crippen LogP) is -0.0672. The molecule has 0 aromatic carbocycles. The highest BCUT2D eigenvalue weighted by Gasteiger charge is 2.08. The van der Waals surface area contributed by atoms with E-state index in [4.69, 9.17) is 11.5 Å². The lowest BCUT2D eigenvalue weighted by atomic mass is 10.3. The van der Waals surface area contributed by atoms with Crippen molar-refractivity contribution in [2.75, 3.05) is 24.2 Å². The number of rotatable bonds is 5. The normalized spacial score (nSPS) is 10.1. The quantitative estimate of drug-likeness (QED) is 0.728. The molecule has 88 valence electrons. The third kappa shape index (κ3) is 3.38. The Balaban J connectivity index is 2.90. The molecule has 1 rings (SSSR count). The van der Waals surface area contributed by atoms with E-state index in [2.05, 4.69) is 9.97 Å². The van der Waals surface area contributed by atoms with Crippen molar-refractivity contribution in [3.63, 3.8) is 0 Å². The van der Waals surface area contributed by atoms with Crippen molar-refractivity contribution in [1.82, 2.24) is 9.97 Å². The first-order valence-electron chi connectivity index (χ1n) is 5.15. The number of hydrogen-bond donors (Lipinski definition) is 2. The van der Waals surface area contributed by atoms with Crippen LogP contribution in [0.3, 0.4) is 0 Å². The summed E-state index contributed by atoms with van der Waals surface area (Å²) in [5.41, 5.74) is 10.8. The monoisotopic (exact) mass is 223 g/mol. The molecule has 0 spiro atoms. The number of nitrogens with two attached hydrogens (primary N) is 2. The maximum absolute atomic E-state index is 10.8. The van der Waals surface area contributed by atoms with Crippen molar-refractivity contribution in [2.24, 2.45) is 5.73 Å². The van der Waals surface area contributed by atoms with Crippen LogP contribution < -0.4 is 16.4 Å². The van der Waals surface area contributed by atoms with Gasteiger partial charge in [-0.2, -0.15) is 0 Å². The Labute approximate surface area is 94.7 Å². The largest absolute Gasteiger partial charge is 0.384 e. The zero-order valence-corrected chi connectivity index (χ0v) is 9.60. The Kier molecular flexibility index (Phi) is 4.04. The molecule has 0 saturated carbocycles. The average molecular weight is 223 g/mol. The molecule has 6 nitrogen and oxygen atoms in total. The van der Waals surface area contributed by atoms with Gasteiger partial charge in [-0.05, 0) is 6.42 Å². The molecule has 0 atom stereocenters. The third-order valence-electron chi connectivity index (χ3n) is 2.04. The lowest BCUT2D eigenvalue weighted by Crippen LogP contribution is -2.31. The van der Waals surface area contributed by atoms with Crippen LogP contribution in [0, 0.1) is 0 Å². The van der Waals surface area contributed by atoms with Crippen LogP contribution in [0.5, 0.6) is 0 Å². The lowest BCUT2D eigenvalue weighted by molar-refractivity contribution is -0.116. The second-order valence-corrected chi connectivity index (χ2v) is 3.64. The number of likely N-dealkylation sites (N-methyl/N-ethyl adjacent to an activating group) is 1. The van der Waals surface area contributed by atoms with Crippen molar-refractivity contribution in [2.45, 2.75) is 19.8 Å². The fourth-order valence-electron chi connectivity index (χ4n) is 1.35. The van der Waals surface area contributed by atoms with Crippen LogP contribution in [0.2, 0.25) is 0 Å². The number of aryl methyl sites for hydroxylation is 1. The van der Waals surface area contributed by atoms with Gasteiger partial charge >= 0.3 is 0 Å². The molecule has 6 heteroatoms. The van der Waals surface area contributed by atoms with Gasteiger partial charge in [-0.3, -0.25) is 4.79 Å². The third-order valence-corrected chi connectivity index (χ3v) is 2.04. The molecule has 1 heterocycles. The van der Waals surface area contributed by atoms with Crippen LogP contribution in [0.4, 0.5) is 11.6 Å². The Morgan fingerprint density at radius 3 is 2.75 bits per heavy atom. The Bertz CT molecular complexity index is 379. The number of aromatic nitrogens is 2. The number of carbonyl (C=O) groups is 1. The van der Waals surface area contributed by atoms with Gasteiger partial charge in [-0.1, -0.05) is 6.92 Å². The first-order valence-corrected chi connectivity index (χ1v) is 5.15. The van der Waals surface area contributed by atoms with E-state index in [9.17, 15) is 4.79 Å². The second kappa shape index (κ2) is 5.29. The Hall–Kier alpha value is -1.85. The fourth-order valence-corrected chi connectivity index (χ4v) is 1.35. The lowest BCUT2D eigenvalue weighted by Gasteiger charge is -2.16. The summed E-state index contributed by atoms with van der Waals surface area (Å²) in [6.45, 7) is 2.15. The van der Waals surface area contributed by atoms with Gasteiger partial charge in [0.15, 0.2) is 0 Å². The van der Waals surface area contributed by atoms with E-state index in [0.717, 1.165) is 12.8 Å². The highest BCUT2D eigenvalue weighted by atomic mass is 16.1. The molecule has 1 aromatic rings. The number of primary amides is 1. The molecule has 0 aliphatic carbocycles. The number of hydrogen-bond acceptors (Lipinski definition) is 5. The molecular formula is C10H17N5O. The zero-order chi connectivity index (χ0) is 12.1. The molecule has 1 aromatic heterocycles. The summed E-state index contributed by atoms with van der Waals surface area (Å²) in [4.78, 5) is 20.8. The van der Waals surface area contributed by atoms with Crippen molar-refractivity contribution < 1.29 is 4.79 Å². The van der Waals surface area contributed by atoms with Crippen LogP contribution in [0.1, 0.15) is 19.2 Å². The summed E-state index contributed by atoms with van der Waals surface area (Å²) >= 11 is 0. The van der Waals surface area contributed by atoms with E-state index in [-0.39, 0.29) is 6.54 Å². The first kappa shape index (κ1) is 12.2. The van der Waals surface area contributed by atoms with E-state index in [1.54, 1.807) is 18.0 Å². The van der Waals surface area contributed by atoms with Crippen LogP contribution in [-0.2, 0) is 11.2 Å². The molecule has 1 amide bonds. The molecule has 0 unspecified atom stereocenters. The van der Waals surface area contributed by atoms with Gasteiger partial charge in [0.05, 0.1) is 6.54 Å². The number of carbonyl (C=O) groups excluding carboxylic acids is 1. The summed E-state index contributed by atoms with van der Waals surface area (Å²) in [5.74, 6) is 1.31. The van der Waals surface area contributed by atoms with Gasteiger partial charge in [0.1, 0.15) is 17.5 Å². The Morgan fingerprint density at radius 2 is 2.19 bits per heavy atom. The predicted molar refractivity (Wildman–Crippen MR) is 62.9 cm³/mol. The van der Waals surface area contributed by atoms with Crippen molar-refractivity contribution in [1.29, 1.82) is 0 Å². The summed E-state index contributed by atoms with van der Waals surface area (Å²) in [6, 6.07) is 1.63. The highest BCUT2D eigenvalue weighted by molar-refractivity contribution is 5.79. The number of nitrogens with zero attached hydrogens (tertiary/aromatic N) is 3. The van der Waals surface area contributed by atoms with Crippen LogP contribution >= 0.6 is 0 Å². The maximum Gasteiger partial charge on any atom is 0.236 e. The van der Waals surface area contributed by atoms with Gasteiger partial charge < -0.3 is 16.4 Å². The van der Waals surface area contributed by atoms with E-state index in [0.29, 0.717) is 17.5 Å². The molecule has 0 fully saturated rings. The van der Waals surface area contributed by atoms with Gasteiger partial charge in [0, 0.05) is 19.5 Å². The Morgan fingerprint density at radius 1 is 1.50 bits per heavy atom. The minimum atomic E-state index is -0.406. The number of nitrogen functional groups attached to an aromatic ring is 1. The van der Waals surface area contributed by atoms with Gasteiger partial charge in [-0.25, -0.2) is 9.97 Å². The van der Waals surface area contributed by atoms with Crippen molar-refractivity contribution in [3.05, 3.63) is 11.9 Å². The summed E-state index contributed by atoms with van der Waals surface area (Å²) in [5, 5.41) is 0. The van der Waals surface area contributed by atoms with Gasteiger partial charge in [0.25, 0.3) is 0 Å². The zero-order valence-electron chi connectivity index (χ0n) is 9.60. The van der Waals surface area contributed by atoms with E-state index in [1.807, 2.05) is 6.92 Å². The second-order valence-electron chi connectivity index (χ2n) is 3.64. The van der Waals surface area contributed by atoms with Crippen LogP contribution in [-0.4, -0.2) is 29.5 Å². The smallest absolute Gasteiger partial charge is 0.236 e. The van der Waals surface area contributed by atoms with Crippen LogP contribution in [0.25, 0.3) is 0 Å². The molecule has 0 aliphatic rings. The molecule has 0 saturated heterocycles. The molecule has 4 N–H and O–H groups in total.